The summed E-state index contributed by atoms with van der Waals surface area (Å²) in [6, 6.07) is 11.9. The largest absolute Gasteiger partial charge is 0.419 e. The Bertz CT molecular complexity index is 1350. The third kappa shape index (κ3) is 6.89. The zero-order chi connectivity index (χ0) is 26.4. The fourth-order valence-corrected chi connectivity index (χ4v) is 4.27. The number of alkyl halides is 3. The average Bonchev–Trinajstić information content (AvgIpc) is 2.87. The summed E-state index contributed by atoms with van der Waals surface area (Å²) in [4.78, 5) is 8.87. The quantitative estimate of drug-likeness (QED) is 0.168. The van der Waals surface area contributed by atoms with Gasteiger partial charge in [0, 0.05) is 37.9 Å². The van der Waals surface area contributed by atoms with Gasteiger partial charge in [-0.2, -0.15) is 13.2 Å². The van der Waals surface area contributed by atoms with Gasteiger partial charge in [-0.1, -0.05) is 36.4 Å². The van der Waals surface area contributed by atoms with E-state index in [4.69, 9.17) is 4.74 Å². The Kier molecular flexibility index (Phi) is 8.48. The Balaban J connectivity index is 1.38. The van der Waals surface area contributed by atoms with E-state index in [0.29, 0.717) is 36.0 Å². The number of halogens is 5. The lowest BCUT2D eigenvalue weighted by Crippen LogP contribution is -2.08. The second-order valence-electron chi connectivity index (χ2n) is 9.01. The molecule has 1 aromatic heterocycles. The van der Waals surface area contributed by atoms with E-state index < -0.39 is 17.6 Å². The van der Waals surface area contributed by atoms with Crippen molar-refractivity contribution in [3.63, 3.8) is 0 Å². The van der Waals surface area contributed by atoms with Gasteiger partial charge >= 0.3 is 6.18 Å². The van der Waals surface area contributed by atoms with Crippen molar-refractivity contribution in [1.29, 1.82) is 0 Å². The Morgan fingerprint density at radius 1 is 0.757 bits per heavy atom. The second-order valence-corrected chi connectivity index (χ2v) is 9.01. The highest BCUT2D eigenvalue weighted by Gasteiger charge is 2.33. The van der Waals surface area contributed by atoms with Crippen LogP contribution in [-0.2, 0) is 43.0 Å². The van der Waals surface area contributed by atoms with E-state index in [1.807, 2.05) is 30.6 Å². The predicted octanol–water partition coefficient (Wildman–Crippen LogP) is 7.08. The van der Waals surface area contributed by atoms with Gasteiger partial charge in [-0.05, 0) is 71.9 Å². The molecule has 0 spiro atoms. The molecule has 0 aliphatic heterocycles. The fourth-order valence-electron chi connectivity index (χ4n) is 4.27. The number of hydrogen-bond acceptors (Lipinski definition) is 3. The molecule has 3 nitrogen and oxygen atoms in total. The summed E-state index contributed by atoms with van der Waals surface area (Å²) in [6.45, 7) is 0.699. The maximum atomic E-state index is 15.2. The van der Waals surface area contributed by atoms with Crippen LogP contribution in [0, 0.1) is 11.6 Å². The molecule has 0 N–H and O–H groups in total. The van der Waals surface area contributed by atoms with Crippen molar-refractivity contribution in [2.45, 2.75) is 44.7 Å². The molecule has 0 fully saturated rings. The summed E-state index contributed by atoms with van der Waals surface area (Å²) in [7, 11) is 1.68. The summed E-state index contributed by atoms with van der Waals surface area (Å²) in [5, 5.41) is 1.23. The summed E-state index contributed by atoms with van der Waals surface area (Å²) in [5.74, 6) is -0.944. The summed E-state index contributed by atoms with van der Waals surface area (Å²) in [5.41, 5.74) is 1.62. The predicted molar refractivity (Wildman–Crippen MR) is 132 cm³/mol. The van der Waals surface area contributed by atoms with Crippen LogP contribution in [0.2, 0.25) is 0 Å². The zero-order valence-electron chi connectivity index (χ0n) is 20.4. The molecule has 0 saturated heterocycles. The first-order valence-corrected chi connectivity index (χ1v) is 12.1. The highest BCUT2D eigenvalue weighted by molar-refractivity contribution is 5.84. The number of methoxy groups -OCH3 is 1. The molecule has 0 radical (unpaired) electrons. The van der Waals surface area contributed by atoms with E-state index in [9.17, 15) is 17.6 Å². The topological polar surface area (TPSA) is 35.0 Å². The maximum Gasteiger partial charge on any atom is 0.419 e. The molecule has 194 valence electrons. The first kappa shape index (κ1) is 26.7. The van der Waals surface area contributed by atoms with Gasteiger partial charge in [-0.25, -0.2) is 18.7 Å². The number of rotatable bonds is 10. The van der Waals surface area contributed by atoms with E-state index >= 15 is 4.39 Å². The molecule has 8 heteroatoms. The number of ether oxygens (including phenoxy) is 1. The molecular weight excluding hydrogens is 487 g/mol. The number of hydrogen-bond donors (Lipinski definition) is 0. The van der Waals surface area contributed by atoms with Crippen LogP contribution in [0.15, 0.2) is 60.9 Å². The SMILES string of the molecule is COCCCc1cnc(CCc2ccc3c(F)c(CCc4ccc(C(F)(F)F)c(F)c4)ccc3c2)nc1. The molecule has 3 aromatic carbocycles. The molecular formula is C29H27F5N2O. The monoisotopic (exact) mass is 514 g/mol. The van der Waals surface area contributed by atoms with Crippen molar-refractivity contribution >= 4 is 10.8 Å². The van der Waals surface area contributed by atoms with Crippen molar-refractivity contribution in [2.24, 2.45) is 0 Å². The molecule has 0 amide bonds. The van der Waals surface area contributed by atoms with E-state index in [1.165, 1.54) is 6.07 Å². The van der Waals surface area contributed by atoms with E-state index in [0.717, 1.165) is 47.3 Å². The second kappa shape index (κ2) is 11.8. The van der Waals surface area contributed by atoms with Gasteiger partial charge in [-0.3, -0.25) is 0 Å². The van der Waals surface area contributed by atoms with Gasteiger partial charge in [0.1, 0.15) is 17.5 Å². The van der Waals surface area contributed by atoms with Crippen LogP contribution < -0.4 is 0 Å². The van der Waals surface area contributed by atoms with Gasteiger partial charge in [0.05, 0.1) is 5.56 Å². The van der Waals surface area contributed by atoms with Crippen molar-refractivity contribution in [1.82, 2.24) is 9.97 Å². The normalized spacial score (nSPS) is 11.8. The van der Waals surface area contributed by atoms with Gasteiger partial charge in [0.25, 0.3) is 0 Å². The van der Waals surface area contributed by atoms with E-state index in [1.54, 1.807) is 19.2 Å². The highest BCUT2D eigenvalue weighted by atomic mass is 19.4. The van der Waals surface area contributed by atoms with Gasteiger partial charge in [0.15, 0.2) is 0 Å². The number of benzene rings is 3. The van der Waals surface area contributed by atoms with Crippen LogP contribution in [0.25, 0.3) is 10.8 Å². The van der Waals surface area contributed by atoms with Crippen LogP contribution in [0.5, 0.6) is 0 Å². The standard InChI is InChI=1S/C29H27F5N2O/c1-37-14-2-3-21-17-35-27(36-18-21)13-7-19-5-11-24-23(15-19)10-9-22(28(24)31)8-4-20-6-12-25(26(30)16-20)29(32,33)34/h5-6,9-12,15-18H,2-4,7-8,13-14H2,1H3. The maximum absolute atomic E-state index is 15.2. The summed E-state index contributed by atoms with van der Waals surface area (Å²) < 4.78 is 72.3. The molecule has 1 heterocycles. The van der Waals surface area contributed by atoms with E-state index in [-0.39, 0.29) is 18.7 Å². The Labute approximate surface area is 212 Å². The van der Waals surface area contributed by atoms with Gasteiger partial charge < -0.3 is 4.74 Å². The van der Waals surface area contributed by atoms with Crippen LogP contribution >= 0.6 is 0 Å². The smallest absolute Gasteiger partial charge is 0.385 e. The minimum atomic E-state index is -4.74. The molecule has 0 aliphatic rings. The lowest BCUT2D eigenvalue weighted by atomic mass is 9.97. The minimum Gasteiger partial charge on any atom is -0.385 e. The number of nitrogens with zero attached hydrogens (tertiary/aromatic N) is 2. The molecule has 0 aliphatic carbocycles. The van der Waals surface area contributed by atoms with Crippen molar-refractivity contribution in [3.05, 3.63) is 106 Å². The number of aromatic nitrogens is 2. The lowest BCUT2D eigenvalue weighted by molar-refractivity contribution is -0.140. The molecule has 4 rings (SSSR count). The molecule has 0 atom stereocenters. The Hall–Kier alpha value is -3.39. The van der Waals surface area contributed by atoms with Crippen molar-refractivity contribution in [2.75, 3.05) is 13.7 Å². The lowest BCUT2D eigenvalue weighted by Gasteiger charge is -2.11. The van der Waals surface area contributed by atoms with E-state index in [2.05, 4.69) is 9.97 Å². The average molecular weight is 515 g/mol. The first-order chi connectivity index (χ1) is 17.7. The van der Waals surface area contributed by atoms with Crippen LogP contribution in [0.3, 0.4) is 0 Å². The fraction of sp³-hybridized carbons (Fsp3) is 0.310. The number of fused-ring (bicyclic) bond motifs is 1. The van der Waals surface area contributed by atoms with Gasteiger partial charge in [0.2, 0.25) is 0 Å². The molecule has 0 bridgehead atoms. The van der Waals surface area contributed by atoms with Gasteiger partial charge in [-0.15, -0.1) is 0 Å². The van der Waals surface area contributed by atoms with Crippen molar-refractivity contribution in [3.8, 4) is 0 Å². The molecule has 0 saturated carbocycles. The first-order valence-electron chi connectivity index (χ1n) is 12.1. The third-order valence-electron chi connectivity index (χ3n) is 6.33. The molecule has 37 heavy (non-hydrogen) atoms. The summed E-state index contributed by atoms with van der Waals surface area (Å²) >= 11 is 0. The zero-order valence-corrected chi connectivity index (χ0v) is 20.4. The minimum absolute atomic E-state index is 0.223. The Morgan fingerprint density at radius 2 is 1.46 bits per heavy atom. The van der Waals surface area contributed by atoms with Crippen molar-refractivity contribution < 1.29 is 26.7 Å². The Morgan fingerprint density at radius 3 is 2.16 bits per heavy atom. The third-order valence-corrected chi connectivity index (χ3v) is 6.33. The highest BCUT2D eigenvalue weighted by Crippen LogP contribution is 2.32. The molecule has 4 aromatic rings. The molecule has 0 unspecified atom stereocenters. The van der Waals surface area contributed by atoms with Crippen LogP contribution in [0.4, 0.5) is 22.0 Å². The van der Waals surface area contributed by atoms with Crippen LogP contribution in [-0.4, -0.2) is 23.7 Å². The summed E-state index contributed by atoms with van der Waals surface area (Å²) in [6.07, 6.45) is 2.57. The number of aryl methyl sites for hydroxylation is 5. The van der Waals surface area contributed by atoms with Crippen LogP contribution in [0.1, 0.15) is 40.1 Å².